The van der Waals surface area contributed by atoms with Crippen molar-refractivity contribution in [2.24, 2.45) is 11.8 Å². The largest absolute Gasteiger partial charge is 0.400 e. The van der Waals surface area contributed by atoms with E-state index < -0.39 is 24.7 Å². The van der Waals surface area contributed by atoms with E-state index in [4.69, 9.17) is 0 Å². The molecule has 108 valence electrons. The van der Waals surface area contributed by atoms with Crippen LogP contribution in [0.4, 0.5) is 26.3 Å². The Balaban J connectivity index is 2.52. The molecule has 0 spiro atoms. The summed E-state index contributed by atoms with van der Waals surface area (Å²) in [6, 6.07) is 0. The summed E-state index contributed by atoms with van der Waals surface area (Å²) in [6.07, 6.45) is -9.50. The monoisotopic (exact) mass is 277 g/mol. The van der Waals surface area contributed by atoms with Crippen LogP contribution in [-0.2, 0) is 0 Å². The van der Waals surface area contributed by atoms with Crippen molar-refractivity contribution in [1.82, 2.24) is 4.90 Å². The highest BCUT2D eigenvalue weighted by Crippen LogP contribution is 2.41. The summed E-state index contributed by atoms with van der Waals surface area (Å²) in [7, 11) is 0. The first kappa shape index (κ1) is 15.6. The molecule has 1 nitrogen and oxygen atoms in total. The number of nitrogens with zero attached hydrogens (tertiary/aromatic N) is 1. The van der Waals surface area contributed by atoms with Crippen molar-refractivity contribution < 1.29 is 26.3 Å². The Morgan fingerprint density at radius 1 is 1.11 bits per heavy atom. The maximum atomic E-state index is 12.3. The van der Waals surface area contributed by atoms with E-state index in [0.717, 1.165) is 12.8 Å². The third-order valence-corrected chi connectivity index (χ3v) is 3.27. The maximum Gasteiger partial charge on any atom is 0.400 e. The SMILES string of the molecule is CC1CCCN(CCC(C(F)(F)F)C(F)(F)F)C1. The van der Waals surface area contributed by atoms with Gasteiger partial charge in [-0.05, 0) is 38.3 Å². The molecule has 0 aromatic rings. The minimum absolute atomic E-state index is 0.145. The number of hydrogen-bond acceptors (Lipinski definition) is 1. The molecular weight excluding hydrogens is 260 g/mol. The normalized spacial score (nSPS) is 23.7. The highest BCUT2D eigenvalue weighted by molar-refractivity contribution is 4.78. The van der Waals surface area contributed by atoms with E-state index in [1.54, 1.807) is 4.90 Å². The molecule has 1 saturated heterocycles. The van der Waals surface area contributed by atoms with Crippen LogP contribution in [0.5, 0.6) is 0 Å². The minimum Gasteiger partial charge on any atom is -0.303 e. The average Bonchev–Trinajstić information content (AvgIpc) is 2.13. The average molecular weight is 277 g/mol. The van der Waals surface area contributed by atoms with E-state index in [0.29, 0.717) is 19.0 Å². The third kappa shape index (κ3) is 4.66. The number of hydrogen-bond donors (Lipinski definition) is 0. The molecule has 1 atom stereocenters. The Hall–Kier alpha value is -0.460. The zero-order valence-corrected chi connectivity index (χ0v) is 10.1. The van der Waals surface area contributed by atoms with Gasteiger partial charge in [0.1, 0.15) is 0 Å². The molecule has 1 aliphatic rings. The van der Waals surface area contributed by atoms with Gasteiger partial charge in [-0.1, -0.05) is 6.92 Å². The van der Waals surface area contributed by atoms with Crippen molar-refractivity contribution in [3.8, 4) is 0 Å². The first-order chi connectivity index (χ1) is 8.10. The van der Waals surface area contributed by atoms with Crippen LogP contribution in [0.15, 0.2) is 0 Å². The second-order valence-corrected chi connectivity index (χ2v) is 4.97. The molecule has 0 saturated carbocycles. The lowest BCUT2D eigenvalue weighted by atomic mass is 9.98. The number of rotatable bonds is 3. The number of piperidine rings is 1. The van der Waals surface area contributed by atoms with Gasteiger partial charge in [-0.3, -0.25) is 0 Å². The Morgan fingerprint density at radius 3 is 2.11 bits per heavy atom. The molecule has 0 aliphatic carbocycles. The molecule has 1 rings (SSSR count). The minimum atomic E-state index is -5.21. The van der Waals surface area contributed by atoms with Crippen LogP contribution in [0.2, 0.25) is 0 Å². The summed E-state index contributed by atoms with van der Waals surface area (Å²) in [5, 5.41) is 0. The summed E-state index contributed by atoms with van der Waals surface area (Å²) < 4.78 is 73.9. The first-order valence-corrected chi connectivity index (χ1v) is 5.96. The fraction of sp³-hybridized carbons (Fsp3) is 1.00. The lowest BCUT2D eigenvalue weighted by Crippen LogP contribution is -2.41. The summed E-state index contributed by atoms with van der Waals surface area (Å²) in [5.41, 5.74) is 0. The fourth-order valence-electron chi connectivity index (χ4n) is 2.31. The van der Waals surface area contributed by atoms with E-state index in [2.05, 4.69) is 0 Å². The molecule has 7 heteroatoms. The summed E-state index contributed by atoms with van der Waals surface area (Å²) in [4.78, 5) is 1.69. The topological polar surface area (TPSA) is 3.24 Å². The van der Waals surface area contributed by atoms with Crippen LogP contribution in [-0.4, -0.2) is 36.9 Å². The molecule has 0 N–H and O–H groups in total. The molecule has 1 aliphatic heterocycles. The predicted octanol–water partition coefficient (Wildman–Crippen LogP) is 3.85. The molecule has 0 amide bonds. The highest BCUT2D eigenvalue weighted by atomic mass is 19.4. The van der Waals surface area contributed by atoms with Crippen molar-refractivity contribution in [2.45, 2.75) is 38.5 Å². The van der Waals surface area contributed by atoms with Gasteiger partial charge in [0.25, 0.3) is 0 Å². The van der Waals surface area contributed by atoms with Crippen LogP contribution in [0, 0.1) is 11.8 Å². The van der Waals surface area contributed by atoms with E-state index in [-0.39, 0.29) is 6.54 Å². The van der Waals surface area contributed by atoms with Gasteiger partial charge >= 0.3 is 12.4 Å². The zero-order valence-electron chi connectivity index (χ0n) is 10.1. The van der Waals surface area contributed by atoms with Gasteiger partial charge < -0.3 is 4.90 Å². The van der Waals surface area contributed by atoms with Gasteiger partial charge in [0.2, 0.25) is 0 Å². The van der Waals surface area contributed by atoms with E-state index in [9.17, 15) is 26.3 Å². The summed E-state index contributed by atoms with van der Waals surface area (Å²) >= 11 is 0. The number of alkyl halides is 6. The van der Waals surface area contributed by atoms with Gasteiger partial charge in [-0.2, -0.15) is 26.3 Å². The summed E-state index contributed by atoms with van der Waals surface area (Å²) in [6.45, 7) is 2.99. The number of likely N-dealkylation sites (tertiary alicyclic amines) is 1. The number of halogens is 6. The molecule has 0 aromatic heterocycles. The van der Waals surface area contributed by atoms with Crippen molar-refractivity contribution >= 4 is 0 Å². The smallest absolute Gasteiger partial charge is 0.303 e. The van der Waals surface area contributed by atoms with Gasteiger partial charge in [-0.15, -0.1) is 0 Å². The van der Waals surface area contributed by atoms with E-state index in [1.807, 2.05) is 6.92 Å². The van der Waals surface area contributed by atoms with Crippen molar-refractivity contribution in [3.05, 3.63) is 0 Å². The predicted molar refractivity (Wildman–Crippen MR) is 55.1 cm³/mol. The molecular formula is C11H17F6N. The zero-order chi connectivity index (χ0) is 14.0. The standard InChI is InChI=1S/C11H17F6N/c1-8-3-2-5-18(7-8)6-4-9(10(12,13)14)11(15,16)17/h8-9H,2-7H2,1H3. The van der Waals surface area contributed by atoms with Crippen LogP contribution in [0.1, 0.15) is 26.2 Å². The Bertz CT molecular complexity index is 245. The van der Waals surface area contributed by atoms with Gasteiger partial charge in [0.15, 0.2) is 5.92 Å². The second kappa shape index (κ2) is 5.67. The Kier molecular flexibility index (Phi) is 4.91. The molecule has 0 bridgehead atoms. The Morgan fingerprint density at radius 2 is 1.67 bits per heavy atom. The van der Waals surface area contributed by atoms with Crippen molar-refractivity contribution in [3.63, 3.8) is 0 Å². The lowest BCUT2D eigenvalue weighted by molar-refractivity contribution is -0.286. The van der Waals surface area contributed by atoms with Crippen molar-refractivity contribution in [1.29, 1.82) is 0 Å². The maximum absolute atomic E-state index is 12.3. The molecule has 1 fully saturated rings. The van der Waals surface area contributed by atoms with Crippen LogP contribution in [0.25, 0.3) is 0 Å². The Labute approximate surface area is 102 Å². The van der Waals surface area contributed by atoms with Crippen molar-refractivity contribution in [2.75, 3.05) is 19.6 Å². The molecule has 18 heavy (non-hydrogen) atoms. The van der Waals surface area contributed by atoms with E-state index >= 15 is 0 Å². The first-order valence-electron chi connectivity index (χ1n) is 5.96. The van der Waals surface area contributed by atoms with E-state index in [1.165, 1.54) is 0 Å². The summed E-state index contributed by atoms with van der Waals surface area (Å²) in [5.74, 6) is -2.86. The lowest BCUT2D eigenvalue weighted by Gasteiger charge is -2.32. The molecule has 0 radical (unpaired) electrons. The molecule has 1 heterocycles. The fourth-order valence-corrected chi connectivity index (χ4v) is 2.31. The van der Waals surface area contributed by atoms with Crippen LogP contribution in [0.3, 0.4) is 0 Å². The third-order valence-electron chi connectivity index (χ3n) is 3.27. The van der Waals surface area contributed by atoms with Gasteiger partial charge in [0, 0.05) is 6.54 Å². The van der Waals surface area contributed by atoms with Crippen LogP contribution >= 0.6 is 0 Å². The van der Waals surface area contributed by atoms with Gasteiger partial charge in [-0.25, -0.2) is 0 Å². The molecule has 0 aromatic carbocycles. The highest BCUT2D eigenvalue weighted by Gasteiger charge is 2.56. The molecule has 1 unspecified atom stereocenters. The van der Waals surface area contributed by atoms with Gasteiger partial charge in [0.05, 0.1) is 0 Å². The second-order valence-electron chi connectivity index (χ2n) is 4.97. The van der Waals surface area contributed by atoms with Crippen LogP contribution < -0.4 is 0 Å². The quantitative estimate of drug-likeness (QED) is 0.708.